The summed E-state index contributed by atoms with van der Waals surface area (Å²) in [4.78, 5) is 40.9. The van der Waals surface area contributed by atoms with Crippen LogP contribution in [0.1, 0.15) is 50.5 Å². The summed E-state index contributed by atoms with van der Waals surface area (Å²) in [5.41, 5.74) is -0.314. The second-order valence-corrected chi connectivity index (χ2v) is 11.5. The molecule has 1 aliphatic carbocycles. The van der Waals surface area contributed by atoms with Gasteiger partial charge in [0, 0.05) is 19.1 Å². The van der Waals surface area contributed by atoms with Crippen LogP contribution < -0.4 is 4.72 Å². The summed E-state index contributed by atoms with van der Waals surface area (Å²) in [7, 11) is -3.86. The Kier molecular flexibility index (Phi) is 6.65. The summed E-state index contributed by atoms with van der Waals surface area (Å²) in [5, 5.41) is -0.213. The number of benzene rings is 1. The van der Waals surface area contributed by atoms with Crippen LogP contribution in [-0.4, -0.2) is 65.7 Å². The topological polar surface area (TPSA) is 104 Å². The molecule has 32 heavy (non-hydrogen) atoms. The Balaban J connectivity index is 1.50. The minimum Gasteiger partial charge on any atom is -0.341 e. The molecular weight excluding hydrogens is 450 g/mol. The third-order valence-electron chi connectivity index (χ3n) is 6.65. The molecule has 0 unspecified atom stereocenters. The number of carbonyl (C=O) groups excluding carboxylic acids is 3. The molecule has 1 saturated carbocycles. The highest BCUT2D eigenvalue weighted by molar-refractivity contribution is 8.14. The van der Waals surface area contributed by atoms with Crippen LogP contribution in [0.15, 0.2) is 29.2 Å². The van der Waals surface area contributed by atoms with Gasteiger partial charge in [0.25, 0.3) is 5.24 Å². The Morgan fingerprint density at radius 2 is 1.81 bits per heavy atom. The van der Waals surface area contributed by atoms with E-state index in [1.165, 1.54) is 4.90 Å². The number of aryl methyl sites for hydroxylation is 1. The largest absolute Gasteiger partial charge is 0.341 e. The number of hydrogen-bond acceptors (Lipinski definition) is 6. The van der Waals surface area contributed by atoms with E-state index in [1.54, 1.807) is 23.1 Å². The number of likely N-dealkylation sites (tertiary alicyclic amines) is 1. The molecule has 174 valence electrons. The summed E-state index contributed by atoms with van der Waals surface area (Å²) >= 11 is 1.02. The van der Waals surface area contributed by atoms with Crippen molar-refractivity contribution in [1.29, 1.82) is 0 Å². The first kappa shape index (κ1) is 23.3. The summed E-state index contributed by atoms with van der Waals surface area (Å²) in [6.07, 6.45) is 4.52. The van der Waals surface area contributed by atoms with Crippen molar-refractivity contribution < 1.29 is 22.8 Å². The Bertz CT molecular complexity index is 996. The Morgan fingerprint density at radius 3 is 2.41 bits per heavy atom. The second-order valence-electron chi connectivity index (χ2n) is 8.91. The van der Waals surface area contributed by atoms with Crippen LogP contribution in [0.5, 0.6) is 0 Å². The molecule has 0 bridgehead atoms. The van der Waals surface area contributed by atoms with Crippen molar-refractivity contribution in [3.05, 3.63) is 29.8 Å². The van der Waals surface area contributed by atoms with Gasteiger partial charge in [-0.1, -0.05) is 43.2 Å². The number of thioether (sulfide) groups is 1. The molecule has 2 saturated heterocycles. The highest BCUT2D eigenvalue weighted by Crippen LogP contribution is 2.34. The number of hydrogen-bond donors (Lipinski definition) is 1. The first-order chi connectivity index (χ1) is 15.2. The zero-order chi connectivity index (χ0) is 22.9. The first-order valence-electron chi connectivity index (χ1n) is 11.1. The van der Waals surface area contributed by atoms with Crippen molar-refractivity contribution in [1.82, 2.24) is 14.5 Å². The van der Waals surface area contributed by atoms with Crippen LogP contribution in [0.3, 0.4) is 0 Å². The van der Waals surface area contributed by atoms with E-state index in [0.29, 0.717) is 38.8 Å². The van der Waals surface area contributed by atoms with E-state index in [4.69, 9.17) is 0 Å². The standard InChI is InChI=1S/C22H29N3O5S2/c1-16-6-5-7-18(14-16)32(29,30)23-22(10-3-2-4-11-22)20(27)24-12-8-17(9-13-24)25-19(26)15-31-21(25)28/h5-7,14,17,23H,2-4,8-13,15H2,1H3. The normalized spacial score (nSPS) is 22.4. The van der Waals surface area contributed by atoms with E-state index >= 15 is 0 Å². The predicted octanol–water partition coefficient (Wildman–Crippen LogP) is 2.66. The molecule has 3 amide bonds. The molecule has 10 heteroatoms. The smallest absolute Gasteiger partial charge is 0.289 e. The maximum Gasteiger partial charge on any atom is 0.289 e. The van der Waals surface area contributed by atoms with E-state index < -0.39 is 15.6 Å². The number of nitrogens with one attached hydrogen (secondary N) is 1. The van der Waals surface area contributed by atoms with Crippen LogP contribution in [0.4, 0.5) is 4.79 Å². The van der Waals surface area contributed by atoms with Gasteiger partial charge in [-0.3, -0.25) is 19.3 Å². The Labute approximate surface area is 193 Å². The lowest BCUT2D eigenvalue weighted by Gasteiger charge is -2.43. The van der Waals surface area contributed by atoms with Crippen molar-refractivity contribution in [3.8, 4) is 0 Å². The fourth-order valence-corrected chi connectivity index (χ4v) is 7.26. The first-order valence-corrected chi connectivity index (χ1v) is 13.6. The molecule has 3 aliphatic rings. The van der Waals surface area contributed by atoms with Gasteiger partial charge in [-0.05, 0) is 50.3 Å². The minimum absolute atomic E-state index is 0.164. The fourth-order valence-electron chi connectivity index (χ4n) is 4.96. The zero-order valence-corrected chi connectivity index (χ0v) is 19.8. The highest BCUT2D eigenvalue weighted by atomic mass is 32.2. The molecule has 8 nitrogen and oxygen atoms in total. The molecule has 1 aromatic rings. The van der Waals surface area contributed by atoms with Crippen molar-refractivity contribution in [3.63, 3.8) is 0 Å². The molecule has 4 rings (SSSR count). The van der Waals surface area contributed by atoms with Crippen molar-refractivity contribution in [2.45, 2.75) is 68.3 Å². The molecule has 2 aliphatic heterocycles. The summed E-state index contributed by atoms with van der Waals surface area (Å²) in [6, 6.07) is 6.49. The van der Waals surface area contributed by atoms with Gasteiger partial charge in [0.1, 0.15) is 5.54 Å². The SMILES string of the molecule is Cc1cccc(S(=O)(=O)NC2(C(=O)N3CCC(N4C(=O)CSC4=O)CC3)CCCCC2)c1. The van der Waals surface area contributed by atoms with Gasteiger partial charge >= 0.3 is 0 Å². The number of imide groups is 1. The zero-order valence-electron chi connectivity index (χ0n) is 18.2. The molecule has 1 aromatic carbocycles. The second kappa shape index (κ2) is 9.15. The molecule has 0 spiro atoms. The quantitative estimate of drug-likeness (QED) is 0.696. The van der Waals surface area contributed by atoms with Crippen LogP contribution in [0.2, 0.25) is 0 Å². The molecule has 3 fully saturated rings. The molecule has 2 heterocycles. The van der Waals surface area contributed by atoms with Gasteiger partial charge in [-0.25, -0.2) is 8.42 Å². The Morgan fingerprint density at radius 1 is 1.12 bits per heavy atom. The monoisotopic (exact) mass is 479 g/mol. The summed E-state index contributed by atoms with van der Waals surface area (Å²) < 4.78 is 29.1. The maximum atomic E-state index is 13.7. The van der Waals surface area contributed by atoms with Crippen LogP contribution >= 0.6 is 11.8 Å². The third kappa shape index (κ3) is 4.58. The van der Waals surface area contributed by atoms with E-state index in [2.05, 4.69) is 4.72 Å². The lowest BCUT2D eigenvalue weighted by molar-refractivity contribution is -0.140. The maximum absolute atomic E-state index is 13.7. The molecule has 0 aromatic heterocycles. The van der Waals surface area contributed by atoms with Crippen molar-refractivity contribution >= 4 is 38.8 Å². The number of amides is 3. The van der Waals surface area contributed by atoms with E-state index in [1.807, 2.05) is 13.0 Å². The van der Waals surface area contributed by atoms with Crippen molar-refractivity contribution in [2.24, 2.45) is 0 Å². The summed E-state index contributed by atoms with van der Waals surface area (Å²) in [6.45, 7) is 2.64. The van der Waals surface area contributed by atoms with Crippen LogP contribution in [-0.2, 0) is 19.6 Å². The predicted molar refractivity (Wildman–Crippen MR) is 122 cm³/mol. The fraction of sp³-hybridized carbons (Fsp3) is 0.591. The molecule has 0 atom stereocenters. The van der Waals surface area contributed by atoms with Crippen LogP contribution in [0, 0.1) is 6.92 Å². The van der Waals surface area contributed by atoms with Gasteiger partial charge in [-0.2, -0.15) is 4.72 Å². The van der Waals surface area contributed by atoms with Gasteiger partial charge in [0.05, 0.1) is 10.6 Å². The number of nitrogens with zero attached hydrogens (tertiary/aromatic N) is 2. The van der Waals surface area contributed by atoms with E-state index in [0.717, 1.165) is 36.6 Å². The summed E-state index contributed by atoms with van der Waals surface area (Å²) in [5.74, 6) is -0.179. The average molecular weight is 480 g/mol. The van der Waals surface area contributed by atoms with Crippen LogP contribution in [0.25, 0.3) is 0 Å². The molecule has 1 N–H and O–H groups in total. The third-order valence-corrected chi connectivity index (χ3v) is 9.02. The lowest BCUT2D eigenvalue weighted by Crippen LogP contribution is -2.62. The number of piperidine rings is 1. The number of sulfonamides is 1. The van der Waals surface area contributed by atoms with Gasteiger partial charge in [0.15, 0.2) is 0 Å². The lowest BCUT2D eigenvalue weighted by atomic mass is 9.81. The van der Waals surface area contributed by atoms with Crippen molar-refractivity contribution in [2.75, 3.05) is 18.8 Å². The van der Waals surface area contributed by atoms with E-state index in [9.17, 15) is 22.8 Å². The molecule has 0 radical (unpaired) electrons. The number of rotatable bonds is 5. The minimum atomic E-state index is -3.86. The average Bonchev–Trinajstić information content (AvgIpc) is 3.11. The van der Waals surface area contributed by atoms with Gasteiger partial charge in [0.2, 0.25) is 21.8 Å². The Hall–Kier alpha value is -1.91. The van der Waals surface area contributed by atoms with E-state index in [-0.39, 0.29) is 33.7 Å². The number of carbonyl (C=O) groups is 3. The van der Waals surface area contributed by atoms with Gasteiger partial charge < -0.3 is 4.90 Å². The molecular formula is C22H29N3O5S2. The van der Waals surface area contributed by atoms with Gasteiger partial charge in [-0.15, -0.1) is 0 Å². The highest BCUT2D eigenvalue weighted by Gasteiger charge is 2.46.